The monoisotopic (exact) mass is 799 g/mol. The minimum atomic E-state index is -3.35. The minimum absolute atomic E-state index is 0.184. The summed E-state index contributed by atoms with van der Waals surface area (Å²) in [5.74, 6) is 1.74. The number of hydrogen-bond acceptors (Lipinski definition) is 9. The number of rotatable bonds is 28. The second-order valence-corrected chi connectivity index (χ2v) is 18.6. The van der Waals surface area contributed by atoms with Crippen molar-refractivity contribution >= 4 is 8.56 Å². The average Bonchev–Trinajstić information content (AvgIpc) is 3.22. The molecule has 0 aliphatic heterocycles. The Morgan fingerprint density at radius 3 is 0.982 bits per heavy atom. The molecule has 3 aromatic rings. The number of benzene rings is 3. The summed E-state index contributed by atoms with van der Waals surface area (Å²) in [6.07, 6.45) is 16.5. The second kappa shape index (κ2) is 26.2. The molecule has 0 aromatic heterocycles. The molecule has 3 atom stereocenters. The van der Waals surface area contributed by atoms with Gasteiger partial charge in [0, 0.05) is 22.7 Å². The normalized spacial score (nSPS) is 14.8. The molecule has 9 nitrogen and oxygen atoms in total. The van der Waals surface area contributed by atoms with Crippen LogP contribution in [0.2, 0.25) is 6.04 Å². The zero-order chi connectivity index (χ0) is 41.5. The van der Waals surface area contributed by atoms with Crippen LogP contribution in [0.4, 0.5) is 0 Å². The van der Waals surface area contributed by atoms with Crippen LogP contribution in [0.3, 0.4) is 0 Å². The molecule has 0 radical (unpaired) electrons. The smallest absolute Gasteiger partial charge is 0.490 e. The van der Waals surface area contributed by atoms with Crippen LogP contribution in [0.1, 0.15) is 196 Å². The predicted molar refractivity (Wildman–Crippen MR) is 238 cm³/mol. The summed E-state index contributed by atoms with van der Waals surface area (Å²) < 4.78 is 14.3. The highest BCUT2D eigenvalue weighted by Gasteiger charge is 2.35. The van der Waals surface area contributed by atoms with E-state index in [2.05, 4.69) is 56.9 Å². The number of para-hydroxylation sites is 3. The van der Waals surface area contributed by atoms with Crippen molar-refractivity contribution in [2.24, 2.45) is 29.7 Å². The van der Waals surface area contributed by atoms with Gasteiger partial charge in [-0.25, -0.2) is 0 Å². The third-order valence-corrected chi connectivity index (χ3v) is 13.9. The van der Waals surface area contributed by atoms with E-state index in [9.17, 15) is 15.3 Å². The molecule has 3 rings (SSSR count). The fourth-order valence-corrected chi connectivity index (χ4v) is 9.25. The minimum Gasteiger partial charge on any atom is -0.507 e. The molecule has 0 saturated heterocycles. The lowest BCUT2D eigenvalue weighted by Gasteiger charge is -2.18. The van der Waals surface area contributed by atoms with Gasteiger partial charge in [0.1, 0.15) is 17.2 Å². The zero-order valence-electron chi connectivity index (χ0n) is 36.4. The van der Waals surface area contributed by atoms with Gasteiger partial charge in [-0.15, -0.1) is 0 Å². The first-order valence-corrected chi connectivity index (χ1v) is 24.4. The molecule has 0 fully saturated rings. The fourth-order valence-electron chi connectivity index (χ4n) is 7.81. The van der Waals surface area contributed by atoms with Crippen LogP contribution >= 0.6 is 0 Å². The Hall–Kier alpha value is -3.92. The first-order valence-electron chi connectivity index (χ1n) is 22.3. The van der Waals surface area contributed by atoms with E-state index < -0.39 is 8.56 Å². The van der Waals surface area contributed by atoms with E-state index in [0.29, 0.717) is 6.04 Å². The molecular weight excluding hydrogens is 725 g/mol. The quantitative estimate of drug-likeness (QED) is 0.0383. The number of phenols is 3. The van der Waals surface area contributed by atoms with Crippen LogP contribution in [0.5, 0.6) is 17.2 Å². The van der Waals surface area contributed by atoms with E-state index in [1.54, 1.807) is 0 Å². The van der Waals surface area contributed by atoms with Gasteiger partial charge < -0.3 is 15.3 Å². The molecule has 10 heteroatoms. The van der Waals surface area contributed by atoms with Gasteiger partial charge in [-0.2, -0.15) is 29.7 Å². The highest BCUT2D eigenvalue weighted by Crippen LogP contribution is 2.38. The highest BCUT2D eigenvalue weighted by atomic mass is 28.4. The number of nitrogens with zero attached hydrogens (tertiary/aromatic N) is 6. The lowest BCUT2D eigenvalue weighted by Crippen LogP contribution is -2.25. The Morgan fingerprint density at radius 1 is 0.439 bits per heavy atom. The summed E-state index contributed by atoms with van der Waals surface area (Å²) in [5.41, 5.74) is 5.06. The SMILES string of the molecule is CCCCCC(CC)c1cccc(C/N=N\[Si](CC)(/N=N\Cc2cccc(C(CC)CCCCC)c2O)/N=N\Cc2cccc(C(CC)CCCCC)c2O)c1O. The Balaban J connectivity index is 1.95. The van der Waals surface area contributed by atoms with E-state index in [0.717, 1.165) is 91.2 Å². The molecule has 57 heavy (non-hydrogen) atoms. The van der Waals surface area contributed by atoms with Gasteiger partial charge in [-0.05, 0) is 73.0 Å². The summed E-state index contributed by atoms with van der Waals surface area (Å²) in [6, 6.07) is 18.2. The van der Waals surface area contributed by atoms with Gasteiger partial charge in [0.15, 0.2) is 0 Å². The Labute approximate surface area is 345 Å². The molecule has 0 saturated carbocycles. The van der Waals surface area contributed by atoms with Crippen molar-refractivity contribution in [2.45, 2.75) is 188 Å². The van der Waals surface area contributed by atoms with E-state index in [-0.39, 0.29) is 54.6 Å². The molecule has 3 unspecified atom stereocenters. The number of unbranched alkanes of at least 4 members (excludes halogenated alkanes) is 6. The number of phenolic OH excluding ortho intramolecular Hbond substituents is 3. The van der Waals surface area contributed by atoms with Crippen molar-refractivity contribution < 1.29 is 15.3 Å². The van der Waals surface area contributed by atoms with Crippen molar-refractivity contribution in [3.8, 4) is 17.2 Å². The average molecular weight is 799 g/mol. The molecule has 0 aliphatic rings. The molecule has 0 spiro atoms. The maximum absolute atomic E-state index is 11.4. The van der Waals surface area contributed by atoms with Gasteiger partial charge >= 0.3 is 8.56 Å². The third-order valence-electron chi connectivity index (χ3n) is 11.6. The molecule has 0 aliphatic carbocycles. The van der Waals surface area contributed by atoms with Crippen LogP contribution in [-0.4, -0.2) is 23.9 Å². The van der Waals surface area contributed by atoms with Crippen LogP contribution in [0, 0.1) is 0 Å². The van der Waals surface area contributed by atoms with Gasteiger partial charge in [0.05, 0.1) is 19.6 Å². The van der Waals surface area contributed by atoms with Crippen LogP contribution < -0.4 is 0 Å². The molecule has 3 N–H and O–H groups in total. The van der Waals surface area contributed by atoms with Crippen molar-refractivity contribution in [3.05, 3.63) is 88.0 Å². The van der Waals surface area contributed by atoms with Gasteiger partial charge in [0.2, 0.25) is 0 Å². The maximum Gasteiger partial charge on any atom is 0.490 e. The van der Waals surface area contributed by atoms with Gasteiger partial charge in [-0.3, -0.25) is 0 Å². The largest absolute Gasteiger partial charge is 0.507 e. The first kappa shape index (κ1) is 47.5. The van der Waals surface area contributed by atoms with E-state index in [1.165, 1.54) is 38.5 Å². The summed E-state index contributed by atoms with van der Waals surface area (Å²) in [5, 5.41) is 48.0. The Kier molecular flexibility index (Phi) is 21.8. The fraction of sp³-hybridized carbons (Fsp3) is 0.617. The molecule has 3 aromatic carbocycles. The summed E-state index contributed by atoms with van der Waals surface area (Å²) in [4.78, 5) is 0. The lowest BCUT2D eigenvalue weighted by atomic mass is 9.89. The topological polar surface area (TPSA) is 135 Å². The first-order chi connectivity index (χ1) is 27.7. The molecule has 0 heterocycles. The van der Waals surface area contributed by atoms with E-state index in [4.69, 9.17) is 14.3 Å². The van der Waals surface area contributed by atoms with Crippen LogP contribution in [0.25, 0.3) is 0 Å². The van der Waals surface area contributed by atoms with Crippen molar-refractivity contribution in [1.82, 2.24) is 0 Å². The predicted octanol–water partition coefficient (Wildman–Crippen LogP) is 15.2. The summed E-state index contributed by atoms with van der Waals surface area (Å²) >= 11 is 0. The van der Waals surface area contributed by atoms with Crippen molar-refractivity contribution in [3.63, 3.8) is 0 Å². The molecular formula is C47H74N6O3Si. The summed E-state index contributed by atoms with van der Waals surface area (Å²) in [6.45, 7) is 15.7. The second-order valence-electron chi connectivity index (χ2n) is 15.7. The Morgan fingerprint density at radius 2 is 0.737 bits per heavy atom. The number of aromatic hydroxyl groups is 3. The zero-order valence-corrected chi connectivity index (χ0v) is 37.4. The van der Waals surface area contributed by atoms with Crippen LogP contribution in [0.15, 0.2) is 84.3 Å². The van der Waals surface area contributed by atoms with E-state index >= 15 is 0 Å². The highest BCUT2D eigenvalue weighted by molar-refractivity contribution is 6.74. The third kappa shape index (κ3) is 14.4. The Bertz CT molecular complexity index is 1500. The van der Waals surface area contributed by atoms with Crippen molar-refractivity contribution in [2.75, 3.05) is 0 Å². The number of hydrogen-bond donors (Lipinski definition) is 3. The standard InChI is InChI=1S/C47H74N6O3Si/c1-8-15-18-24-36(11-4)42-30-21-27-39(45(42)54)33-48-51-57(14-7,52-49-34-40-28-22-31-43(46(40)55)37(12-5)25-19-16-9-2)53-50-35-41-29-23-32-44(47(41)56)38(13-6)26-20-17-10-3/h21-23,27-32,36-38,54-56H,8-20,24-26,33-35H2,1-7H3/b51-48-,52-49-,53-50-. The van der Waals surface area contributed by atoms with Gasteiger partial charge in [-0.1, -0.05) is 161 Å². The molecule has 314 valence electrons. The van der Waals surface area contributed by atoms with Crippen LogP contribution in [-0.2, 0) is 19.6 Å². The lowest BCUT2D eigenvalue weighted by molar-refractivity contribution is 0.444. The molecule has 0 bridgehead atoms. The van der Waals surface area contributed by atoms with E-state index in [1.807, 2.05) is 61.5 Å². The summed E-state index contributed by atoms with van der Waals surface area (Å²) in [7, 11) is -3.35. The molecule has 0 amide bonds. The maximum atomic E-state index is 11.4. The van der Waals surface area contributed by atoms with Gasteiger partial charge in [0.25, 0.3) is 0 Å². The van der Waals surface area contributed by atoms with Crippen molar-refractivity contribution in [1.29, 1.82) is 0 Å².